The Labute approximate surface area is 196 Å². The Bertz CT molecular complexity index is 1430. The lowest BCUT2D eigenvalue weighted by molar-refractivity contribution is -0.106. The van der Waals surface area contributed by atoms with Crippen molar-refractivity contribution in [1.82, 2.24) is 34.5 Å². The first kappa shape index (κ1) is 22.0. The van der Waals surface area contributed by atoms with E-state index in [0.717, 1.165) is 11.1 Å². The van der Waals surface area contributed by atoms with Crippen molar-refractivity contribution in [2.75, 3.05) is 32.6 Å². The Kier molecular flexibility index (Phi) is 4.72. The highest BCUT2D eigenvalue weighted by atomic mass is 19.3. The van der Waals surface area contributed by atoms with Gasteiger partial charge in [-0.1, -0.05) is 11.3 Å². The highest BCUT2D eigenvalue weighted by Gasteiger charge is 2.48. The average Bonchev–Trinajstić information content (AvgIpc) is 3.45. The molecule has 9 nitrogen and oxygen atoms in total. The number of rotatable bonds is 5. The number of likely N-dealkylation sites (N-methyl/N-ethyl adjacent to an activating group) is 1. The van der Waals surface area contributed by atoms with Crippen molar-refractivity contribution in [2.24, 2.45) is 0 Å². The summed E-state index contributed by atoms with van der Waals surface area (Å²) in [6.45, 7) is -0.188. The second-order valence-corrected chi connectivity index (χ2v) is 9.28. The van der Waals surface area contributed by atoms with Gasteiger partial charge in [0.25, 0.3) is 11.8 Å². The molecule has 0 spiro atoms. The van der Waals surface area contributed by atoms with Crippen LogP contribution >= 0.6 is 0 Å². The van der Waals surface area contributed by atoms with Gasteiger partial charge in [-0.25, -0.2) is 26.8 Å². The third kappa shape index (κ3) is 3.65. The lowest BCUT2D eigenvalue weighted by atomic mass is 9.88. The molecule has 2 aliphatic rings. The van der Waals surface area contributed by atoms with Gasteiger partial charge in [-0.2, -0.15) is 4.98 Å². The number of aromatic nitrogens is 6. The van der Waals surface area contributed by atoms with Crippen LogP contribution in [0.5, 0.6) is 5.88 Å². The van der Waals surface area contributed by atoms with Crippen LogP contribution in [0.1, 0.15) is 18.9 Å². The molecule has 1 aliphatic heterocycles. The first-order chi connectivity index (χ1) is 16.6. The van der Waals surface area contributed by atoms with E-state index in [-0.39, 0.29) is 37.8 Å². The van der Waals surface area contributed by atoms with E-state index < -0.39 is 23.9 Å². The standard InChI is InChI=1S/C22H22F4N8O/c1-32-10-17(22(25,26)11-32)27-20-28-19(35-2)18-14(5-6-33(18)30-20)12-3-4-15-16(7-12)34(31-29-15)13-8-21(23,24)9-13/h3-7,13,17H,8-11H2,1-2H3,(H,27,30)/t17-/m1/s1. The zero-order chi connectivity index (χ0) is 24.5. The number of nitrogens with zero attached hydrogens (tertiary/aromatic N) is 7. The number of ether oxygens (including phenoxy) is 1. The Hall–Kier alpha value is -3.48. The van der Waals surface area contributed by atoms with Crippen LogP contribution in [0.3, 0.4) is 0 Å². The maximum Gasteiger partial charge on any atom is 0.281 e. The summed E-state index contributed by atoms with van der Waals surface area (Å²) in [5.41, 5.74) is 3.29. The molecule has 184 valence electrons. The van der Waals surface area contributed by atoms with Crippen molar-refractivity contribution >= 4 is 22.5 Å². The number of hydrogen-bond donors (Lipinski definition) is 1. The maximum absolute atomic E-state index is 14.3. The number of alkyl halides is 4. The zero-order valence-corrected chi connectivity index (χ0v) is 18.9. The summed E-state index contributed by atoms with van der Waals surface area (Å²) in [6, 6.07) is 5.72. The minimum Gasteiger partial charge on any atom is -0.479 e. The molecule has 4 aromatic rings. The molecule has 1 atom stereocenters. The van der Waals surface area contributed by atoms with Crippen LogP contribution in [0.25, 0.3) is 27.7 Å². The van der Waals surface area contributed by atoms with E-state index in [1.54, 1.807) is 35.0 Å². The van der Waals surface area contributed by atoms with Crippen LogP contribution in [-0.2, 0) is 0 Å². The van der Waals surface area contributed by atoms with Crippen molar-refractivity contribution in [2.45, 2.75) is 36.8 Å². The molecule has 0 radical (unpaired) electrons. The number of anilines is 1. The number of methoxy groups -OCH3 is 1. The maximum atomic E-state index is 14.3. The first-order valence-corrected chi connectivity index (χ1v) is 11.1. The Morgan fingerprint density at radius 2 is 1.94 bits per heavy atom. The molecule has 0 amide bonds. The number of halogens is 4. The highest BCUT2D eigenvalue weighted by molar-refractivity contribution is 5.89. The van der Waals surface area contributed by atoms with Crippen molar-refractivity contribution in [3.05, 3.63) is 30.5 Å². The number of hydrogen-bond acceptors (Lipinski definition) is 7. The molecule has 1 aliphatic carbocycles. The van der Waals surface area contributed by atoms with Crippen LogP contribution < -0.4 is 10.1 Å². The molecule has 0 bridgehead atoms. The van der Waals surface area contributed by atoms with Crippen LogP contribution in [0.15, 0.2) is 30.5 Å². The van der Waals surface area contributed by atoms with E-state index in [4.69, 9.17) is 4.74 Å². The Morgan fingerprint density at radius 3 is 2.63 bits per heavy atom. The highest BCUT2D eigenvalue weighted by Crippen LogP contribution is 2.46. The number of nitrogens with one attached hydrogen (secondary N) is 1. The first-order valence-electron chi connectivity index (χ1n) is 11.1. The van der Waals surface area contributed by atoms with E-state index in [9.17, 15) is 17.6 Å². The summed E-state index contributed by atoms with van der Waals surface area (Å²) in [4.78, 5) is 5.88. The summed E-state index contributed by atoms with van der Waals surface area (Å²) >= 11 is 0. The molecule has 35 heavy (non-hydrogen) atoms. The zero-order valence-electron chi connectivity index (χ0n) is 18.9. The summed E-state index contributed by atoms with van der Waals surface area (Å²) in [5.74, 6) is -5.35. The fraction of sp³-hybridized carbons (Fsp3) is 0.455. The lowest BCUT2D eigenvalue weighted by Gasteiger charge is -2.34. The molecule has 4 heterocycles. The van der Waals surface area contributed by atoms with E-state index >= 15 is 0 Å². The van der Waals surface area contributed by atoms with Gasteiger partial charge in [-0.3, -0.25) is 4.90 Å². The second kappa shape index (κ2) is 7.51. The fourth-order valence-electron chi connectivity index (χ4n) is 4.89. The van der Waals surface area contributed by atoms with Crippen molar-refractivity contribution in [3.8, 4) is 17.0 Å². The van der Waals surface area contributed by atoms with Crippen LogP contribution in [0.4, 0.5) is 23.5 Å². The number of fused-ring (bicyclic) bond motifs is 2. The van der Waals surface area contributed by atoms with Gasteiger partial charge in [-0.15, -0.1) is 10.2 Å². The third-order valence-electron chi connectivity index (χ3n) is 6.66. The summed E-state index contributed by atoms with van der Waals surface area (Å²) in [5, 5.41) is 15.3. The van der Waals surface area contributed by atoms with E-state index in [1.165, 1.54) is 11.6 Å². The summed E-state index contributed by atoms with van der Waals surface area (Å²) in [6.07, 6.45) is 1.15. The molecule has 1 aromatic carbocycles. The van der Waals surface area contributed by atoms with Gasteiger partial charge < -0.3 is 10.1 Å². The minimum absolute atomic E-state index is 0.0279. The molecule has 0 unspecified atom stereocenters. The van der Waals surface area contributed by atoms with Gasteiger partial charge in [0, 0.05) is 31.1 Å². The molecular weight excluding hydrogens is 468 g/mol. The lowest BCUT2D eigenvalue weighted by Crippen LogP contribution is -2.38. The van der Waals surface area contributed by atoms with Gasteiger partial charge in [0.2, 0.25) is 11.8 Å². The van der Waals surface area contributed by atoms with E-state index in [2.05, 4.69) is 25.7 Å². The summed E-state index contributed by atoms with van der Waals surface area (Å²) in [7, 11) is 3.08. The van der Waals surface area contributed by atoms with Gasteiger partial charge in [0.15, 0.2) is 0 Å². The van der Waals surface area contributed by atoms with E-state index in [1.807, 2.05) is 12.1 Å². The SMILES string of the molecule is COc1nc(N[C@@H]2CN(C)CC2(F)F)nn2ccc(-c3ccc4nnn(C5CC(F)(F)C5)c4c3)c12. The van der Waals surface area contributed by atoms with Crippen LogP contribution in [-0.4, -0.2) is 79.6 Å². The van der Waals surface area contributed by atoms with Crippen molar-refractivity contribution in [1.29, 1.82) is 0 Å². The molecule has 6 rings (SSSR count). The minimum atomic E-state index is -2.92. The van der Waals surface area contributed by atoms with Crippen molar-refractivity contribution < 1.29 is 22.3 Å². The van der Waals surface area contributed by atoms with Crippen LogP contribution in [0.2, 0.25) is 0 Å². The molecular formula is C22H22F4N8O. The summed E-state index contributed by atoms with van der Waals surface area (Å²) < 4.78 is 64.0. The molecule has 1 saturated carbocycles. The largest absolute Gasteiger partial charge is 0.479 e. The van der Waals surface area contributed by atoms with Gasteiger partial charge in [0.1, 0.15) is 17.1 Å². The van der Waals surface area contributed by atoms with Gasteiger partial charge >= 0.3 is 0 Å². The fourth-order valence-corrected chi connectivity index (χ4v) is 4.89. The topological polar surface area (TPSA) is 85.4 Å². The second-order valence-electron chi connectivity index (χ2n) is 9.28. The smallest absolute Gasteiger partial charge is 0.281 e. The molecule has 1 N–H and O–H groups in total. The quantitative estimate of drug-likeness (QED) is 0.429. The van der Waals surface area contributed by atoms with Gasteiger partial charge in [-0.05, 0) is 30.8 Å². The van der Waals surface area contributed by atoms with E-state index in [0.29, 0.717) is 16.6 Å². The molecule has 13 heteroatoms. The average molecular weight is 490 g/mol. The molecule has 2 fully saturated rings. The van der Waals surface area contributed by atoms with Crippen molar-refractivity contribution in [3.63, 3.8) is 0 Å². The Morgan fingerprint density at radius 1 is 1.14 bits per heavy atom. The number of likely N-dealkylation sites (tertiary alicyclic amines) is 1. The predicted octanol–water partition coefficient (Wildman–Crippen LogP) is 3.48. The molecule has 1 saturated heterocycles. The predicted molar refractivity (Wildman–Crippen MR) is 119 cm³/mol. The number of benzene rings is 1. The normalized spacial score (nSPS) is 22.1. The van der Waals surface area contributed by atoms with Gasteiger partial charge in [0.05, 0.1) is 25.2 Å². The van der Waals surface area contributed by atoms with Crippen LogP contribution in [0, 0.1) is 0 Å². The molecule has 3 aromatic heterocycles. The Balaban J connectivity index is 1.37. The monoisotopic (exact) mass is 490 g/mol. The third-order valence-corrected chi connectivity index (χ3v) is 6.66.